The molecule has 2 N–H and O–H groups in total. The quantitative estimate of drug-likeness (QED) is 0.683. The molecular weight excluding hydrogens is 378 g/mol. The van der Waals surface area contributed by atoms with E-state index < -0.39 is 11.6 Å². The second-order valence-electron chi connectivity index (χ2n) is 6.24. The van der Waals surface area contributed by atoms with Gasteiger partial charge in [-0.3, -0.25) is 0 Å². The Balaban J connectivity index is 1.62. The minimum absolute atomic E-state index is 0.188. The number of aromatic nitrogens is 2. The standard InChI is InChI=1S/C18H15ClF2N4S/c19-13-4-15(21)14(20)3-11(13)12-6-25(7-16(12)22)18-5-17(23-9-24-18)10-1-2-26-8-10/h1-5,8-9,12,16H,6-7,22H2/t12-,16+/m1/s1. The molecule has 134 valence electrons. The fraction of sp³-hybridized carbons (Fsp3) is 0.222. The van der Waals surface area contributed by atoms with Crippen LogP contribution in [0.4, 0.5) is 14.6 Å². The Morgan fingerprint density at radius 3 is 2.73 bits per heavy atom. The van der Waals surface area contributed by atoms with Gasteiger partial charge in [-0.1, -0.05) is 11.6 Å². The van der Waals surface area contributed by atoms with Gasteiger partial charge in [-0.25, -0.2) is 18.7 Å². The van der Waals surface area contributed by atoms with Gasteiger partial charge in [0.25, 0.3) is 0 Å². The van der Waals surface area contributed by atoms with Crippen LogP contribution in [0.25, 0.3) is 11.3 Å². The Morgan fingerprint density at radius 2 is 1.96 bits per heavy atom. The number of hydrogen-bond donors (Lipinski definition) is 1. The molecule has 1 saturated heterocycles. The number of rotatable bonds is 3. The molecule has 2 atom stereocenters. The van der Waals surface area contributed by atoms with Gasteiger partial charge >= 0.3 is 0 Å². The zero-order valence-corrected chi connectivity index (χ0v) is 15.1. The van der Waals surface area contributed by atoms with Gasteiger partial charge in [-0.2, -0.15) is 11.3 Å². The average Bonchev–Trinajstić information content (AvgIpc) is 3.28. The van der Waals surface area contributed by atoms with Gasteiger partial charge in [-0.15, -0.1) is 0 Å². The van der Waals surface area contributed by atoms with Gasteiger partial charge < -0.3 is 10.6 Å². The third kappa shape index (κ3) is 3.18. The van der Waals surface area contributed by atoms with Crippen molar-refractivity contribution in [2.45, 2.75) is 12.0 Å². The lowest BCUT2D eigenvalue weighted by molar-refractivity contribution is 0.504. The highest BCUT2D eigenvalue weighted by atomic mass is 35.5. The summed E-state index contributed by atoms with van der Waals surface area (Å²) in [6.07, 6.45) is 1.52. The van der Waals surface area contributed by atoms with E-state index in [1.54, 1.807) is 11.3 Å². The van der Waals surface area contributed by atoms with Crippen molar-refractivity contribution in [3.05, 3.63) is 63.6 Å². The highest BCUT2D eigenvalue weighted by molar-refractivity contribution is 7.08. The molecule has 3 heterocycles. The number of nitrogens with two attached hydrogens (primary N) is 1. The predicted octanol–water partition coefficient (Wildman–Crippen LogP) is 4.07. The maximum absolute atomic E-state index is 13.7. The molecule has 0 radical (unpaired) electrons. The summed E-state index contributed by atoms with van der Waals surface area (Å²) < 4.78 is 27.0. The van der Waals surface area contributed by atoms with Crippen LogP contribution in [0.3, 0.4) is 0 Å². The molecule has 1 aromatic carbocycles. The SMILES string of the molecule is N[C@H]1CN(c2cc(-c3ccsc3)ncn2)C[C@@H]1c1cc(F)c(F)cc1Cl. The first-order chi connectivity index (χ1) is 12.5. The Hall–Kier alpha value is -2.09. The molecule has 0 bridgehead atoms. The number of benzene rings is 1. The second kappa shape index (κ2) is 6.90. The van der Waals surface area contributed by atoms with Gasteiger partial charge in [0, 0.05) is 47.1 Å². The molecule has 0 saturated carbocycles. The van der Waals surface area contributed by atoms with E-state index in [1.165, 1.54) is 6.33 Å². The van der Waals surface area contributed by atoms with E-state index in [0.717, 1.165) is 29.2 Å². The van der Waals surface area contributed by atoms with E-state index in [4.69, 9.17) is 17.3 Å². The molecule has 1 aliphatic rings. The number of anilines is 1. The normalized spacial score (nSPS) is 19.9. The van der Waals surface area contributed by atoms with Crippen LogP contribution in [0.5, 0.6) is 0 Å². The molecule has 4 nitrogen and oxygen atoms in total. The van der Waals surface area contributed by atoms with E-state index in [0.29, 0.717) is 18.7 Å². The first kappa shape index (κ1) is 17.3. The minimum atomic E-state index is -0.960. The van der Waals surface area contributed by atoms with Gasteiger partial charge in [0.05, 0.1) is 5.69 Å². The maximum atomic E-state index is 13.7. The lowest BCUT2D eigenvalue weighted by Gasteiger charge is -2.18. The van der Waals surface area contributed by atoms with Crippen molar-refractivity contribution in [3.63, 3.8) is 0 Å². The average molecular weight is 393 g/mol. The summed E-state index contributed by atoms with van der Waals surface area (Å²) in [5, 5.41) is 4.20. The summed E-state index contributed by atoms with van der Waals surface area (Å²) in [4.78, 5) is 10.7. The fourth-order valence-electron chi connectivity index (χ4n) is 3.26. The van der Waals surface area contributed by atoms with Gasteiger partial charge in [-0.05, 0) is 29.1 Å². The number of nitrogens with zero attached hydrogens (tertiary/aromatic N) is 3. The molecule has 8 heteroatoms. The van der Waals surface area contributed by atoms with E-state index in [1.807, 2.05) is 27.8 Å². The molecule has 0 aliphatic carbocycles. The first-order valence-corrected chi connectivity index (χ1v) is 9.34. The third-order valence-electron chi connectivity index (χ3n) is 4.60. The van der Waals surface area contributed by atoms with Crippen LogP contribution < -0.4 is 10.6 Å². The van der Waals surface area contributed by atoms with Crippen LogP contribution in [-0.2, 0) is 0 Å². The number of thiophene rings is 1. The van der Waals surface area contributed by atoms with Crippen molar-refractivity contribution in [1.29, 1.82) is 0 Å². The molecule has 1 fully saturated rings. The van der Waals surface area contributed by atoms with Crippen molar-refractivity contribution >= 4 is 28.8 Å². The van der Waals surface area contributed by atoms with Crippen molar-refractivity contribution in [2.24, 2.45) is 5.73 Å². The first-order valence-electron chi connectivity index (χ1n) is 8.02. The van der Waals surface area contributed by atoms with Gasteiger partial charge in [0.1, 0.15) is 12.1 Å². The molecular formula is C18H15ClF2N4S. The van der Waals surface area contributed by atoms with Crippen molar-refractivity contribution in [2.75, 3.05) is 18.0 Å². The number of hydrogen-bond acceptors (Lipinski definition) is 5. The highest BCUT2D eigenvalue weighted by Gasteiger charge is 2.34. The van der Waals surface area contributed by atoms with Crippen molar-refractivity contribution in [1.82, 2.24) is 9.97 Å². The van der Waals surface area contributed by atoms with Crippen LogP contribution in [0.15, 0.2) is 41.4 Å². The molecule has 2 aromatic heterocycles. The van der Waals surface area contributed by atoms with Crippen LogP contribution in [0.2, 0.25) is 5.02 Å². The molecule has 26 heavy (non-hydrogen) atoms. The van der Waals surface area contributed by atoms with E-state index >= 15 is 0 Å². The summed E-state index contributed by atoms with van der Waals surface area (Å²) in [5.41, 5.74) is 8.65. The Kier molecular flexibility index (Phi) is 4.60. The van der Waals surface area contributed by atoms with E-state index in [2.05, 4.69) is 9.97 Å². The summed E-state index contributed by atoms with van der Waals surface area (Å²) in [6.45, 7) is 1.06. The zero-order valence-electron chi connectivity index (χ0n) is 13.6. The van der Waals surface area contributed by atoms with E-state index in [9.17, 15) is 8.78 Å². The summed E-state index contributed by atoms with van der Waals surface area (Å²) in [6, 6.07) is 5.78. The largest absolute Gasteiger partial charge is 0.354 e. The minimum Gasteiger partial charge on any atom is -0.354 e. The molecule has 3 aromatic rings. The van der Waals surface area contributed by atoms with E-state index in [-0.39, 0.29) is 17.0 Å². The van der Waals surface area contributed by atoms with Crippen LogP contribution >= 0.6 is 22.9 Å². The smallest absolute Gasteiger partial charge is 0.160 e. The molecule has 4 rings (SSSR count). The fourth-order valence-corrected chi connectivity index (χ4v) is 4.20. The topological polar surface area (TPSA) is 55.0 Å². The maximum Gasteiger partial charge on any atom is 0.160 e. The van der Waals surface area contributed by atoms with Gasteiger partial charge in [0.15, 0.2) is 11.6 Å². The second-order valence-corrected chi connectivity index (χ2v) is 7.42. The van der Waals surface area contributed by atoms with Crippen LogP contribution in [0, 0.1) is 11.6 Å². The predicted molar refractivity (Wildman–Crippen MR) is 99.6 cm³/mol. The third-order valence-corrected chi connectivity index (χ3v) is 5.61. The van der Waals surface area contributed by atoms with Crippen molar-refractivity contribution in [3.8, 4) is 11.3 Å². The molecule has 0 unspecified atom stereocenters. The summed E-state index contributed by atoms with van der Waals surface area (Å²) in [7, 11) is 0. The Morgan fingerprint density at radius 1 is 1.15 bits per heavy atom. The Labute approximate surface area is 158 Å². The van der Waals surface area contributed by atoms with Crippen LogP contribution in [-0.4, -0.2) is 29.1 Å². The summed E-state index contributed by atoms with van der Waals surface area (Å²) in [5.74, 6) is -1.34. The highest BCUT2D eigenvalue weighted by Crippen LogP contribution is 2.35. The molecule has 0 spiro atoms. The van der Waals surface area contributed by atoms with Gasteiger partial charge in [0.2, 0.25) is 0 Å². The lowest BCUT2D eigenvalue weighted by Crippen LogP contribution is -2.29. The van der Waals surface area contributed by atoms with Crippen molar-refractivity contribution < 1.29 is 8.78 Å². The zero-order chi connectivity index (χ0) is 18.3. The Bertz CT molecular complexity index is 935. The lowest BCUT2D eigenvalue weighted by atomic mass is 9.94. The number of halogens is 3. The molecule has 1 aliphatic heterocycles. The molecule has 0 amide bonds. The monoisotopic (exact) mass is 392 g/mol. The summed E-state index contributed by atoms with van der Waals surface area (Å²) >= 11 is 7.73. The van der Waals surface area contributed by atoms with Crippen LogP contribution in [0.1, 0.15) is 11.5 Å².